The Kier molecular flexibility index (Phi) is 7.02. The van der Waals surface area contributed by atoms with Crippen molar-refractivity contribution in [3.8, 4) is 5.75 Å². The van der Waals surface area contributed by atoms with Crippen molar-refractivity contribution in [1.82, 2.24) is 9.88 Å². The normalized spacial score (nSPS) is 15.6. The molecule has 3 aromatic rings. The zero-order valence-corrected chi connectivity index (χ0v) is 18.6. The fraction of sp³-hybridized carbons (Fsp3) is 0.280. The molecule has 2 aromatic carbocycles. The highest BCUT2D eigenvalue weighted by Crippen LogP contribution is 2.30. The summed E-state index contributed by atoms with van der Waals surface area (Å²) < 4.78 is 43.7. The SMILES string of the molecule is COc1cccc(NC(=O)C(c2ccccc2)N2CCN(c3ccc(C(F)(F)F)cn3)CC2)c1. The van der Waals surface area contributed by atoms with Crippen LogP contribution in [-0.4, -0.2) is 49.1 Å². The summed E-state index contributed by atoms with van der Waals surface area (Å²) in [5, 5.41) is 2.98. The standard InChI is InChI=1S/C25H25F3N4O2/c1-34-21-9-5-8-20(16-21)30-24(33)23(18-6-3-2-4-7-18)32-14-12-31(13-15-32)22-11-10-19(17-29-22)25(26,27)28/h2-11,16-17,23H,12-15H2,1H3,(H,30,33). The third kappa shape index (κ3) is 5.48. The fourth-order valence-electron chi connectivity index (χ4n) is 4.02. The Morgan fingerprint density at radius 2 is 1.74 bits per heavy atom. The summed E-state index contributed by atoms with van der Waals surface area (Å²) in [6.07, 6.45) is -3.56. The molecule has 1 aliphatic heterocycles. The van der Waals surface area contributed by atoms with E-state index in [1.807, 2.05) is 41.3 Å². The minimum absolute atomic E-state index is 0.166. The Morgan fingerprint density at radius 3 is 2.35 bits per heavy atom. The molecule has 0 saturated carbocycles. The van der Waals surface area contributed by atoms with E-state index in [1.165, 1.54) is 6.07 Å². The van der Waals surface area contributed by atoms with Crippen molar-refractivity contribution in [3.63, 3.8) is 0 Å². The lowest BCUT2D eigenvalue weighted by Crippen LogP contribution is -2.50. The van der Waals surface area contributed by atoms with E-state index in [0.717, 1.165) is 17.8 Å². The van der Waals surface area contributed by atoms with Gasteiger partial charge in [0, 0.05) is 44.1 Å². The van der Waals surface area contributed by atoms with Gasteiger partial charge in [-0.1, -0.05) is 36.4 Å². The van der Waals surface area contributed by atoms with E-state index in [9.17, 15) is 18.0 Å². The van der Waals surface area contributed by atoms with Gasteiger partial charge in [0.25, 0.3) is 0 Å². The van der Waals surface area contributed by atoms with Crippen LogP contribution < -0.4 is 15.0 Å². The summed E-state index contributed by atoms with van der Waals surface area (Å²) in [4.78, 5) is 21.4. The Labute approximate surface area is 196 Å². The number of amides is 1. The average molecular weight is 470 g/mol. The number of hydrogen-bond donors (Lipinski definition) is 1. The number of nitrogens with zero attached hydrogens (tertiary/aromatic N) is 3. The van der Waals surface area contributed by atoms with E-state index in [4.69, 9.17) is 4.74 Å². The molecular formula is C25H25F3N4O2. The zero-order valence-electron chi connectivity index (χ0n) is 18.6. The van der Waals surface area contributed by atoms with Crippen LogP contribution in [0.15, 0.2) is 72.9 Å². The van der Waals surface area contributed by atoms with Crippen LogP contribution in [0.25, 0.3) is 0 Å². The number of rotatable bonds is 6. The van der Waals surface area contributed by atoms with Crippen molar-refractivity contribution in [1.29, 1.82) is 0 Å². The smallest absolute Gasteiger partial charge is 0.417 e. The van der Waals surface area contributed by atoms with Crippen LogP contribution in [0.3, 0.4) is 0 Å². The number of aromatic nitrogens is 1. The Hall–Kier alpha value is -3.59. The molecule has 2 heterocycles. The van der Waals surface area contributed by atoms with E-state index in [2.05, 4.69) is 15.2 Å². The molecule has 0 radical (unpaired) electrons. The number of halogens is 3. The monoisotopic (exact) mass is 470 g/mol. The molecule has 1 atom stereocenters. The maximum atomic E-state index is 13.4. The molecule has 1 amide bonds. The van der Waals surface area contributed by atoms with Gasteiger partial charge in [0.05, 0.1) is 12.7 Å². The first-order valence-electron chi connectivity index (χ1n) is 10.9. The summed E-state index contributed by atoms with van der Waals surface area (Å²) in [5.41, 5.74) is 0.732. The van der Waals surface area contributed by atoms with Crippen LogP contribution in [0.2, 0.25) is 0 Å². The van der Waals surface area contributed by atoms with Gasteiger partial charge >= 0.3 is 6.18 Å². The Bertz CT molecular complexity index is 1100. The summed E-state index contributed by atoms with van der Waals surface area (Å²) in [6, 6.07) is 18.6. The van der Waals surface area contributed by atoms with Crippen molar-refractivity contribution in [2.24, 2.45) is 0 Å². The number of hydrogen-bond acceptors (Lipinski definition) is 5. The number of methoxy groups -OCH3 is 1. The van der Waals surface area contributed by atoms with E-state index in [1.54, 1.807) is 25.3 Å². The molecule has 1 N–H and O–H groups in total. The summed E-state index contributed by atoms with van der Waals surface area (Å²) in [7, 11) is 1.57. The first kappa shape index (κ1) is 23.6. The maximum absolute atomic E-state index is 13.4. The van der Waals surface area contributed by atoms with E-state index >= 15 is 0 Å². The van der Waals surface area contributed by atoms with Crippen LogP contribution in [-0.2, 0) is 11.0 Å². The molecule has 1 fully saturated rings. The molecular weight excluding hydrogens is 445 g/mol. The predicted molar refractivity (Wildman–Crippen MR) is 124 cm³/mol. The summed E-state index contributed by atoms with van der Waals surface area (Å²) in [5.74, 6) is 0.969. The van der Waals surface area contributed by atoms with Crippen LogP contribution in [0, 0.1) is 0 Å². The van der Waals surface area contributed by atoms with Crippen molar-refractivity contribution in [2.45, 2.75) is 12.2 Å². The van der Waals surface area contributed by atoms with Gasteiger partial charge in [-0.15, -0.1) is 0 Å². The van der Waals surface area contributed by atoms with Crippen LogP contribution in [0.5, 0.6) is 5.75 Å². The molecule has 1 unspecified atom stereocenters. The molecule has 9 heteroatoms. The van der Waals surface area contributed by atoms with Crippen LogP contribution in [0.4, 0.5) is 24.7 Å². The number of piperazine rings is 1. The molecule has 4 rings (SSSR count). The largest absolute Gasteiger partial charge is 0.497 e. The fourth-order valence-corrected chi connectivity index (χ4v) is 4.02. The van der Waals surface area contributed by atoms with E-state index in [0.29, 0.717) is 43.4 Å². The topological polar surface area (TPSA) is 57.7 Å². The Balaban J connectivity index is 1.48. The summed E-state index contributed by atoms with van der Waals surface area (Å²) >= 11 is 0. The van der Waals surface area contributed by atoms with Gasteiger partial charge in [0.2, 0.25) is 5.91 Å². The lowest BCUT2D eigenvalue weighted by Gasteiger charge is -2.39. The molecule has 0 spiro atoms. The first-order valence-corrected chi connectivity index (χ1v) is 10.9. The molecule has 1 aliphatic rings. The molecule has 1 aromatic heterocycles. The third-order valence-electron chi connectivity index (χ3n) is 5.78. The van der Waals surface area contributed by atoms with Gasteiger partial charge in [-0.2, -0.15) is 13.2 Å². The quantitative estimate of drug-likeness (QED) is 0.570. The number of pyridine rings is 1. The van der Waals surface area contributed by atoms with E-state index < -0.39 is 17.8 Å². The van der Waals surface area contributed by atoms with Gasteiger partial charge in [-0.05, 0) is 29.8 Å². The first-order chi connectivity index (χ1) is 16.3. The molecule has 6 nitrogen and oxygen atoms in total. The second-order valence-corrected chi connectivity index (χ2v) is 7.96. The number of ether oxygens (including phenoxy) is 1. The number of nitrogens with one attached hydrogen (secondary N) is 1. The number of benzene rings is 2. The minimum atomic E-state index is -4.41. The van der Waals surface area contributed by atoms with Gasteiger partial charge in [-0.3, -0.25) is 9.69 Å². The van der Waals surface area contributed by atoms with Gasteiger partial charge in [0.15, 0.2) is 0 Å². The zero-order chi connectivity index (χ0) is 24.1. The van der Waals surface area contributed by atoms with Crippen molar-refractivity contribution in [2.75, 3.05) is 43.5 Å². The molecule has 0 bridgehead atoms. The van der Waals surface area contributed by atoms with Crippen LogP contribution in [0.1, 0.15) is 17.2 Å². The highest BCUT2D eigenvalue weighted by atomic mass is 19.4. The predicted octanol–water partition coefficient (Wildman–Crippen LogP) is 4.61. The van der Waals surface area contributed by atoms with Gasteiger partial charge in [0.1, 0.15) is 17.6 Å². The second kappa shape index (κ2) is 10.1. The number of carbonyl (C=O) groups is 1. The third-order valence-corrected chi connectivity index (χ3v) is 5.78. The molecule has 178 valence electrons. The molecule has 34 heavy (non-hydrogen) atoms. The number of carbonyl (C=O) groups excluding carboxylic acids is 1. The van der Waals surface area contributed by atoms with Crippen molar-refractivity contribution in [3.05, 3.63) is 84.1 Å². The summed E-state index contributed by atoms with van der Waals surface area (Å²) in [6.45, 7) is 2.17. The average Bonchev–Trinajstić information content (AvgIpc) is 2.85. The number of alkyl halides is 3. The highest BCUT2D eigenvalue weighted by Gasteiger charge is 2.33. The maximum Gasteiger partial charge on any atom is 0.417 e. The van der Waals surface area contributed by atoms with Crippen molar-refractivity contribution < 1.29 is 22.7 Å². The van der Waals surface area contributed by atoms with Crippen LogP contribution >= 0.6 is 0 Å². The minimum Gasteiger partial charge on any atom is -0.497 e. The number of anilines is 2. The lowest BCUT2D eigenvalue weighted by atomic mass is 10.0. The van der Waals surface area contributed by atoms with Gasteiger partial charge < -0.3 is 15.0 Å². The Morgan fingerprint density at radius 1 is 1.00 bits per heavy atom. The van der Waals surface area contributed by atoms with Crippen molar-refractivity contribution >= 4 is 17.4 Å². The highest BCUT2D eigenvalue weighted by molar-refractivity contribution is 5.95. The van der Waals surface area contributed by atoms with E-state index in [-0.39, 0.29) is 5.91 Å². The molecule has 1 saturated heterocycles. The van der Waals surface area contributed by atoms with Gasteiger partial charge in [-0.25, -0.2) is 4.98 Å². The lowest BCUT2D eigenvalue weighted by molar-refractivity contribution is -0.137. The molecule has 0 aliphatic carbocycles. The second-order valence-electron chi connectivity index (χ2n) is 7.96.